The Morgan fingerprint density at radius 1 is 1.05 bits per heavy atom. The highest BCUT2D eigenvalue weighted by atomic mass is 32.1. The van der Waals surface area contributed by atoms with E-state index < -0.39 is 18.1 Å². The molecule has 0 aliphatic heterocycles. The summed E-state index contributed by atoms with van der Waals surface area (Å²) in [6.07, 6.45) is 2.55. The van der Waals surface area contributed by atoms with Crippen molar-refractivity contribution >= 4 is 50.3 Å². The fourth-order valence-electron chi connectivity index (χ4n) is 4.46. The molecular weight excluding hydrogens is 527 g/mol. The van der Waals surface area contributed by atoms with Gasteiger partial charge in [-0.3, -0.25) is 15.0 Å². The summed E-state index contributed by atoms with van der Waals surface area (Å²) in [5, 5.41) is 2.87. The van der Waals surface area contributed by atoms with Crippen LogP contribution in [0.4, 0.5) is 28.8 Å². The third kappa shape index (κ3) is 6.46. The third-order valence-electron chi connectivity index (χ3n) is 6.36. The van der Waals surface area contributed by atoms with Crippen molar-refractivity contribution in [2.45, 2.75) is 38.6 Å². The molecule has 1 aliphatic carbocycles. The molecule has 200 valence electrons. The second-order valence-electron chi connectivity index (χ2n) is 9.07. The molecular formula is C29H24F3N3O3S. The number of benzene rings is 3. The predicted molar refractivity (Wildman–Crippen MR) is 146 cm³/mol. The van der Waals surface area contributed by atoms with Gasteiger partial charge in [0.2, 0.25) is 0 Å². The molecule has 6 nitrogen and oxygen atoms in total. The zero-order chi connectivity index (χ0) is 27.4. The van der Waals surface area contributed by atoms with Crippen LogP contribution >= 0.6 is 11.3 Å². The van der Waals surface area contributed by atoms with Crippen LogP contribution in [0.25, 0.3) is 15.8 Å². The van der Waals surface area contributed by atoms with Gasteiger partial charge in [-0.1, -0.05) is 59.9 Å². The molecule has 2 amide bonds. The number of hydrogen-bond acceptors (Lipinski definition) is 5. The molecule has 1 N–H and O–H groups in total. The fourth-order valence-corrected chi connectivity index (χ4v) is 5.34. The SMILES string of the molecule is O=Cc1ccc(CN(C(=O)Nc2nc3c(OC(F)(F)F)cccc3s2)c2ccc(C3=CCCCC3)cc2)cc1. The first-order chi connectivity index (χ1) is 18.8. The van der Waals surface area contributed by atoms with Gasteiger partial charge in [0, 0.05) is 11.3 Å². The molecule has 0 saturated heterocycles. The van der Waals surface area contributed by atoms with E-state index >= 15 is 0 Å². The standard InChI is InChI=1S/C29H24F3N3O3S/c30-29(31,32)38-24-7-4-8-25-26(24)33-27(39-25)34-28(37)35(17-19-9-11-20(18-36)12-10-19)23-15-13-22(14-16-23)21-5-2-1-3-6-21/h4-5,7-16,18H,1-3,6,17H2,(H,33,34,37). The minimum Gasteiger partial charge on any atom is -0.403 e. The lowest BCUT2D eigenvalue weighted by molar-refractivity contribution is -0.274. The van der Waals surface area contributed by atoms with Crippen LogP contribution in [-0.2, 0) is 6.54 Å². The lowest BCUT2D eigenvalue weighted by Gasteiger charge is -2.23. The van der Waals surface area contributed by atoms with Crippen molar-refractivity contribution in [3.8, 4) is 5.75 Å². The van der Waals surface area contributed by atoms with E-state index in [9.17, 15) is 22.8 Å². The predicted octanol–water partition coefficient (Wildman–Crippen LogP) is 8.20. The van der Waals surface area contributed by atoms with E-state index in [4.69, 9.17) is 0 Å². The van der Waals surface area contributed by atoms with Gasteiger partial charge >= 0.3 is 12.4 Å². The third-order valence-corrected chi connectivity index (χ3v) is 7.30. The number of allylic oxidation sites excluding steroid dienone is 2. The van der Waals surface area contributed by atoms with Gasteiger partial charge in [-0.2, -0.15) is 0 Å². The Morgan fingerprint density at radius 3 is 2.49 bits per heavy atom. The van der Waals surface area contributed by atoms with Crippen molar-refractivity contribution in [3.63, 3.8) is 0 Å². The summed E-state index contributed by atoms with van der Waals surface area (Å²) in [6.45, 7) is 0.195. The number of alkyl halides is 3. The Morgan fingerprint density at radius 2 is 1.82 bits per heavy atom. The number of para-hydroxylation sites is 1. The number of hydrogen-bond donors (Lipinski definition) is 1. The van der Waals surface area contributed by atoms with E-state index in [1.54, 1.807) is 30.3 Å². The number of carbonyl (C=O) groups is 2. The molecule has 0 bridgehead atoms. The number of ether oxygens (including phenoxy) is 1. The van der Waals surface area contributed by atoms with Crippen LogP contribution in [0.1, 0.15) is 47.2 Å². The number of rotatable bonds is 7. The highest BCUT2D eigenvalue weighted by molar-refractivity contribution is 7.22. The first kappa shape index (κ1) is 26.4. The summed E-state index contributed by atoms with van der Waals surface area (Å²) >= 11 is 1.05. The first-order valence-electron chi connectivity index (χ1n) is 12.4. The molecule has 0 radical (unpaired) electrons. The number of amides is 2. The van der Waals surface area contributed by atoms with Crippen LogP contribution in [0, 0.1) is 0 Å². The average molecular weight is 552 g/mol. The van der Waals surface area contributed by atoms with E-state index in [-0.39, 0.29) is 17.2 Å². The van der Waals surface area contributed by atoms with Gasteiger partial charge in [0.15, 0.2) is 10.9 Å². The Hall–Kier alpha value is -4.18. The average Bonchev–Trinajstić information content (AvgIpc) is 3.35. The van der Waals surface area contributed by atoms with Crippen molar-refractivity contribution in [1.82, 2.24) is 4.98 Å². The van der Waals surface area contributed by atoms with Gasteiger partial charge in [0.1, 0.15) is 11.8 Å². The van der Waals surface area contributed by atoms with Crippen molar-refractivity contribution in [3.05, 3.63) is 89.5 Å². The molecule has 4 aromatic rings. The largest absolute Gasteiger partial charge is 0.573 e. The van der Waals surface area contributed by atoms with E-state index in [2.05, 4.69) is 21.1 Å². The number of fused-ring (bicyclic) bond motifs is 1. The number of nitrogens with zero attached hydrogens (tertiary/aromatic N) is 2. The molecule has 1 aromatic heterocycles. The number of aromatic nitrogens is 1. The van der Waals surface area contributed by atoms with Crippen LogP contribution in [0.3, 0.4) is 0 Å². The van der Waals surface area contributed by atoms with Crippen LogP contribution in [0.2, 0.25) is 0 Å². The maximum absolute atomic E-state index is 13.5. The van der Waals surface area contributed by atoms with Gasteiger partial charge in [0.05, 0.1) is 11.2 Å². The van der Waals surface area contributed by atoms with Crippen molar-refractivity contribution in [2.75, 3.05) is 10.2 Å². The number of carbonyl (C=O) groups excluding carboxylic acids is 2. The normalized spacial score (nSPS) is 13.6. The number of aldehydes is 1. The molecule has 1 heterocycles. The maximum Gasteiger partial charge on any atom is 0.573 e. The molecule has 5 rings (SSSR count). The Bertz CT molecular complexity index is 1510. The fraction of sp³-hybridized carbons (Fsp3) is 0.207. The first-order valence-corrected chi connectivity index (χ1v) is 13.2. The second kappa shape index (κ2) is 11.3. The zero-order valence-corrected chi connectivity index (χ0v) is 21.5. The topological polar surface area (TPSA) is 71.5 Å². The van der Waals surface area contributed by atoms with Crippen LogP contribution < -0.4 is 15.0 Å². The maximum atomic E-state index is 13.5. The molecule has 3 aromatic carbocycles. The highest BCUT2D eigenvalue weighted by Crippen LogP contribution is 2.35. The lowest BCUT2D eigenvalue weighted by atomic mass is 9.93. The van der Waals surface area contributed by atoms with Crippen LogP contribution in [0.5, 0.6) is 5.75 Å². The van der Waals surface area contributed by atoms with Crippen molar-refractivity contribution < 1.29 is 27.5 Å². The monoisotopic (exact) mass is 551 g/mol. The van der Waals surface area contributed by atoms with E-state index in [0.717, 1.165) is 48.0 Å². The quantitative estimate of drug-likeness (QED) is 0.235. The molecule has 0 spiro atoms. The van der Waals surface area contributed by atoms with Crippen LogP contribution in [0.15, 0.2) is 72.8 Å². The highest BCUT2D eigenvalue weighted by Gasteiger charge is 2.32. The van der Waals surface area contributed by atoms with E-state index in [1.165, 1.54) is 29.0 Å². The molecule has 0 unspecified atom stereocenters. The van der Waals surface area contributed by atoms with Gasteiger partial charge in [-0.15, -0.1) is 13.2 Å². The minimum absolute atomic E-state index is 0.0104. The van der Waals surface area contributed by atoms with Gasteiger partial charge < -0.3 is 4.74 Å². The Balaban J connectivity index is 1.43. The van der Waals surface area contributed by atoms with E-state index in [1.807, 2.05) is 24.3 Å². The molecule has 10 heteroatoms. The molecule has 1 aliphatic rings. The van der Waals surface area contributed by atoms with Gasteiger partial charge in [0.25, 0.3) is 0 Å². The Labute approximate surface area is 226 Å². The second-order valence-corrected chi connectivity index (χ2v) is 10.1. The van der Waals surface area contributed by atoms with Crippen LogP contribution in [-0.4, -0.2) is 23.7 Å². The van der Waals surface area contributed by atoms with Gasteiger partial charge in [-0.05, 0) is 66.6 Å². The molecule has 39 heavy (non-hydrogen) atoms. The lowest BCUT2D eigenvalue weighted by Crippen LogP contribution is -2.34. The molecule has 0 saturated carbocycles. The summed E-state index contributed by atoms with van der Waals surface area (Å²) in [5.41, 5.74) is 4.36. The Kier molecular flexibility index (Phi) is 7.65. The van der Waals surface area contributed by atoms with Gasteiger partial charge in [-0.25, -0.2) is 9.78 Å². The number of thiazole rings is 1. The van der Waals surface area contributed by atoms with Crippen molar-refractivity contribution in [2.24, 2.45) is 0 Å². The number of anilines is 2. The molecule has 0 fully saturated rings. The molecule has 0 atom stereocenters. The summed E-state index contributed by atoms with van der Waals surface area (Å²) in [5.74, 6) is -0.434. The number of urea groups is 1. The smallest absolute Gasteiger partial charge is 0.403 e. The minimum atomic E-state index is -4.86. The summed E-state index contributed by atoms with van der Waals surface area (Å²) in [7, 11) is 0. The summed E-state index contributed by atoms with van der Waals surface area (Å²) in [4.78, 5) is 30.3. The summed E-state index contributed by atoms with van der Waals surface area (Å²) < 4.78 is 43.0. The number of nitrogens with one attached hydrogen (secondary N) is 1. The van der Waals surface area contributed by atoms with Crippen molar-refractivity contribution in [1.29, 1.82) is 0 Å². The number of halogens is 3. The zero-order valence-electron chi connectivity index (χ0n) is 20.7. The van der Waals surface area contributed by atoms with E-state index in [0.29, 0.717) is 16.0 Å². The summed E-state index contributed by atoms with van der Waals surface area (Å²) in [6, 6.07) is 18.3.